The Morgan fingerprint density at radius 3 is 2.57 bits per heavy atom. The van der Waals surface area contributed by atoms with Crippen molar-refractivity contribution in [2.75, 3.05) is 0 Å². The van der Waals surface area contributed by atoms with Crippen LogP contribution in [0, 0.1) is 11.7 Å². The maximum absolute atomic E-state index is 12.6. The number of halogens is 1. The lowest BCUT2D eigenvalue weighted by atomic mass is 9.93. The van der Waals surface area contributed by atoms with Gasteiger partial charge in [0, 0.05) is 0 Å². The molecule has 0 saturated carbocycles. The van der Waals surface area contributed by atoms with E-state index in [0.717, 1.165) is 12.8 Å². The van der Waals surface area contributed by atoms with Gasteiger partial charge in [0.1, 0.15) is 5.82 Å². The minimum absolute atomic E-state index is 0.159. The summed E-state index contributed by atoms with van der Waals surface area (Å²) in [5.74, 6) is 0.415. The molecule has 0 heterocycles. The highest BCUT2D eigenvalue weighted by molar-refractivity contribution is 5.20. The second-order valence-electron chi connectivity index (χ2n) is 3.64. The molecule has 0 saturated heterocycles. The summed E-state index contributed by atoms with van der Waals surface area (Å²) in [5, 5.41) is 0. The minimum Gasteiger partial charge on any atom is -0.207 e. The summed E-state index contributed by atoms with van der Waals surface area (Å²) < 4.78 is 12.6. The van der Waals surface area contributed by atoms with E-state index in [1.54, 1.807) is 0 Å². The molecule has 0 nitrogen and oxygen atoms in total. The number of allylic oxidation sites excluding steroid dienone is 4. The van der Waals surface area contributed by atoms with Crippen LogP contribution >= 0.6 is 0 Å². The third kappa shape index (κ3) is 2.32. The molecule has 1 heteroatoms. The fourth-order valence-corrected chi connectivity index (χ4v) is 1.71. The topological polar surface area (TPSA) is 0 Å². The zero-order valence-corrected chi connectivity index (χ0v) is 7.99. The van der Waals surface area contributed by atoms with Gasteiger partial charge in [-0.25, -0.2) is 4.39 Å². The van der Waals surface area contributed by atoms with Gasteiger partial charge in [0.05, 0.1) is 0 Å². The first-order chi connectivity index (χ1) is 6.84. The van der Waals surface area contributed by atoms with Gasteiger partial charge in [0.25, 0.3) is 0 Å². The number of hydrogen-bond donors (Lipinski definition) is 0. The van der Waals surface area contributed by atoms with E-state index in [4.69, 9.17) is 0 Å². The maximum Gasteiger partial charge on any atom is 0.123 e. The summed E-state index contributed by atoms with van der Waals surface area (Å²) in [6.45, 7) is 0. The van der Waals surface area contributed by atoms with Gasteiger partial charge in [-0.05, 0) is 36.5 Å². The average molecular weight is 188 g/mol. The van der Waals surface area contributed by atoms with Crippen LogP contribution in [-0.2, 0) is 6.42 Å². The second kappa shape index (κ2) is 4.23. The minimum atomic E-state index is -0.159. The van der Waals surface area contributed by atoms with Crippen molar-refractivity contribution in [2.45, 2.75) is 12.8 Å². The SMILES string of the molecule is Fc1ccc(CC2C=CC=CC2)cc1. The summed E-state index contributed by atoms with van der Waals surface area (Å²) in [6, 6.07) is 6.78. The van der Waals surface area contributed by atoms with Crippen molar-refractivity contribution in [3.05, 3.63) is 60.0 Å². The van der Waals surface area contributed by atoms with Crippen molar-refractivity contribution in [3.63, 3.8) is 0 Å². The molecule has 14 heavy (non-hydrogen) atoms. The van der Waals surface area contributed by atoms with Gasteiger partial charge in [0.2, 0.25) is 0 Å². The van der Waals surface area contributed by atoms with Gasteiger partial charge in [-0.1, -0.05) is 36.4 Å². The predicted octanol–water partition coefficient (Wildman–Crippen LogP) is 3.50. The Kier molecular flexibility index (Phi) is 2.78. The molecular weight excluding hydrogens is 175 g/mol. The van der Waals surface area contributed by atoms with Crippen LogP contribution in [0.15, 0.2) is 48.6 Å². The van der Waals surface area contributed by atoms with Crippen LogP contribution < -0.4 is 0 Å². The Hall–Kier alpha value is -1.37. The van der Waals surface area contributed by atoms with Gasteiger partial charge < -0.3 is 0 Å². The van der Waals surface area contributed by atoms with Crippen LogP contribution in [0.25, 0.3) is 0 Å². The van der Waals surface area contributed by atoms with E-state index >= 15 is 0 Å². The molecular formula is C13H13F. The lowest BCUT2D eigenvalue weighted by molar-refractivity contribution is 0.622. The molecule has 1 unspecified atom stereocenters. The van der Waals surface area contributed by atoms with Gasteiger partial charge in [0.15, 0.2) is 0 Å². The normalized spacial score (nSPS) is 19.9. The van der Waals surface area contributed by atoms with E-state index in [1.165, 1.54) is 17.7 Å². The number of rotatable bonds is 2. The lowest BCUT2D eigenvalue weighted by Crippen LogP contribution is -2.01. The first kappa shape index (κ1) is 9.20. The second-order valence-corrected chi connectivity index (χ2v) is 3.64. The molecule has 0 bridgehead atoms. The molecule has 0 aromatic heterocycles. The monoisotopic (exact) mass is 188 g/mol. The highest BCUT2D eigenvalue weighted by atomic mass is 19.1. The molecule has 1 atom stereocenters. The van der Waals surface area contributed by atoms with Crippen molar-refractivity contribution in [1.29, 1.82) is 0 Å². The van der Waals surface area contributed by atoms with Crippen LogP contribution in [0.4, 0.5) is 4.39 Å². The number of hydrogen-bond acceptors (Lipinski definition) is 0. The van der Waals surface area contributed by atoms with E-state index in [0.29, 0.717) is 5.92 Å². The fraction of sp³-hybridized carbons (Fsp3) is 0.231. The summed E-state index contributed by atoms with van der Waals surface area (Å²) in [4.78, 5) is 0. The molecule has 0 amide bonds. The largest absolute Gasteiger partial charge is 0.207 e. The third-order valence-corrected chi connectivity index (χ3v) is 2.48. The van der Waals surface area contributed by atoms with Crippen LogP contribution in [-0.4, -0.2) is 0 Å². The van der Waals surface area contributed by atoms with E-state index in [1.807, 2.05) is 12.1 Å². The number of benzene rings is 1. The van der Waals surface area contributed by atoms with Crippen LogP contribution in [0.5, 0.6) is 0 Å². The molecule has 2 rings (SSSR count). The van der Waals surface area contributed by atoms with E-state index < -0.39 is 0 Å². The highest BCUT2D eigenvalue weighted by Crippen LogP contribution is 2.17. The van der Waals surface area contributed by atoms with E-state index in [9.17, 15) is 4.39 Å². The molecule has 0 fully saturated rings. The van der Waals surface area contributed by atoms with Crippen LogP contribution in [0.3, 0.4) is 0 Å². The average Bonchev–Trinajstić information content (AvgIpc) is 2.23. The molecule has 72 valence electrons. The molecule has 1 aliphatic rings. The zero-order valence-electron chi connectivity index (χ0n) is 7.99. The molecule has 1 aliphatic carbocycles. The zero-order chi connectivity index (χ0) is 9.80. The first-order valence-corrected chi connectivity index (χ1v) is 4.92. The Bertz CT molecular complexity index is 346. The summed E-state index contributed by atoms with van der Waals surface area (Å²) in [5.41, 5.74) is 1.20. The van der Waals surface area contributed by atoms with E-state index in [-0.39, 0.29) is 5.82 Å². The predicted molar refractivity (Wildman–Crippen MR) is 56.5 cm³/mol. The third-order valence-electron chi connectivity index (χ3n) is 2.48. The molecule has 0 radical (unpaired) electrons. The summed E-state index contributed by atoms with van der Waals surface area (Å²) in [7, 11) is 0. The molecule has 1 aromatic carbocycles. The lowest BCUT2D eigenvalue weighted by Gasteiger charge is -2.12. The summed E-state index contributed by atoms with van der Waals surface area (Å²) >= 11 is 0. The molecule has 1 aromatic rings. The maximum atomic E-state index is 12.6. The van der Waals surface area contributed by atoms with Crippen molar-refractivity contribution >= 4 is 0 Å². The molecule has 0 spiro atoms. The molecule has 0 N–H and O–H groups in total. The van der Waals surface area contributed by atoms with Gasteiger partial charge in [-0.2, -0.15) is 0 Å². The Balaban J connectivity index is 2.00. The van der Waals surface area contributed by atoms with Crippen molar-refractivity contribution in [3.8, 4) is 0 Å². The van der Waals surface area contributed by atoms with E-state index in [2.05, 4.69) is 24.3 Å². The van der Waals surface area contributed by atoms with Gasteiger partial charge in [-0.15, -0.1) is 0 Å². The Morgan fingerprint density at radius 1 is 1.14 bits per heavy atom. The van der Waals surface area contributed by atoms with Crippen molar-refractivity contribution in [1.82, 2.24) is 0 Å². The standard InChI is InChI=1S/C13H13F/c14-13-8-6-12(7-9-13)10-11-4-2-1-3-5-11/h1-4,6-9,11H,5,10H2. The highest BCUT2D eigenvalue weighted by Gasteiger charge is 2.06. The quantitative estimate of drug-likeness (QED) is 0.666. The van der Waals surface area contributed by atoms with Gasteiger partial charge >= 0.3 is 0 Å². The smallest absolute Gasteiger partial charge is 0.123 e. The van der Waals surface area contributed by atoms with Gasteiger partial charge in [-0.3, -0.25) is 0 Å². The van der Waals surface area contributed by atoms with Crippen LogP contribution in [0.2, 0.25) is 0 Å². The Morgan fingerprint density at radius 2 is 1.93 bits per heavy atom. The summed E-state index contributed by atoms with van der Waals surface area (Å²) in [6.07, 6.45) is 10.6. The Labute approximate surface area is 83.8 Å². The fourth-order valence-electron chi connectivity index (χ4n) is 1.71. The molecule has 0 aliphatic heterocycles. The first-order valence-electron chi connectivity index (χ1n) is 4.92. The van der Waals surface area contributed by atoms with Crippen molar-refractivity contribution in [2.24, 2.45) is 5.92 Å². The van der Waals surface area contributed by atoms with Crippen molar-refractivity contribution < 1.29 is 4.39 Å². The van der Waals surface area contributed by atoms with Crippen LogP contribution in [0.1, 0.15) is 12.0 Å².